The van der Waals surface area contributed by atoms with Crippen molar-refractivity contribution in [3.63, 3.8) is 0 Å². The molecule has 0 aromatic rings. The van der Waals surface area contributed by atoms with Gasteiger partial charge in [-0.25, -0.2) is 0 Å². The van der Waals surface area contributed by atoms with Crippen molar-refractivity contribution in [3.05, 3.63) is 109 Å². The van der Waals surface area contributed by atoms with Crippen LogP contribution < -0.4 is 0 Å². The molecule has 0 heterocycles. The number of esters is 3. The predicted octanol–water partition coefficient (Wildman–Crippen LogP) is 17.5. The molecule has 0 saturated heterocycles. The third-order valence-corrected chi connectivity index (χ3v) is 10.8. The summed E-state index contributed by atoms with van der Waals surface area (Å²) in [5.41, 5.74) is 0. The zero-order valence-corrected chi connectivity index (χ0v) is 42.0. The number of carbonyl (C=O) groups excluding carboxylic acids is 3. The third-order valence-electron chi connectivity index (χ3n) is 10.8. The zero-order valence-electron chi connectivity index (χ0n) is 42.0. The molecule has 0 radical (unpaired) electrons. The lowest BCUT2D eigenvalue weighted by Gasteiger charge is -2.18. The summed E-state index contributed by atoms with van der Waals surface area (Å²) in [6, 6.07) is 0. The van der Waals surface area contributed by atoms with Crippen molar-refractivity contribution >= 4 is 17.9 Å². The minimum atomic E-state index is -0.818. The molecule has 0 aliphatic rings. The minimum Gasteiger partial charge on any atom is -0.462 e. The standard InChI is InChI=1S/C59H96O6/c1-4-7-10-13-16-19-22-25-27-29-31-34-37-40-43-46-49-52-58(61)64-55-56(54-63-57(60)51-48-45-42-39-36-33-24-21-18-15-12-9-6-3)65-59(62)53-50-47-44-41-38-35-32-30-28-26-23-20-17-14-11-8-5-2/h7-8,10-11,16-17,19-20,25-28,31-32,34-35,41,44,56H,4-6,9,12-15,18,21-24,29-30,33,36-40,42-43,45-55H2,1-3H3/b10-7-,11-8-,19-16-,20-17-,27-25-,28-26-,34-31-,35-32-,44-41-/t56-/m0/s1. The van der Waals surface area contributed by atoms with Crippen LogP contribution in [0.4, 0.5) is 0 Å². The van der Waals surface area contributed by atoms with Crippen molar-refractivity contribution in [1.82, 2.24) is 0 Å². The van der Waals surface area contributed by atoms with E-state index in [1.165, 1.54) is 64.2 Å². The molecule has 0 unspecified atom stereocenters. The van der Waals surface area contributed by atoms with Gasteiger partial charge in [0, 0.05) is 19.3 Å². The van der Waals surface area contributed by atoms with Crippen LogP contribution in [0.15, 0.2) is 109 Å². The highest BCUT2D eigenvalue weighted by atomic mass is 16.6. The summed E-state index contributed by atoms with van der Waals surface area (Å²) in [7, 11) is 0. The maximum atomic E-state index is 12.8. The third kappa shape index (κ3) is 50.9. The average molecular weight is 901 g/mol. The number of hydrogen-bond donors (Lipinski definition) is 0. The van der Waals surface area contributed by atoms with Crippen molar-refractivity contribution in [3.8, 4) is 0 Å². The smallest absolute Gasteiger partial charge is 0.306 e. The number of hydrogen-bond acceptors (Lipinski definition) is 6. The topological polar surface area (TPSA) is 78.9 Å². The van der Waals surface area contributed by atoms with Crippen LogP contribution in [0.3, 0.4) is 0 Å². The molecule has 0 aromatic carbocycles. The normalized spacial score (nSPS) is 13.0. The first-order valence-electron chi connectivity index (χ1n) is 26.4. The Morgan fingerprint density at radius 3 is 0.985 bits per heavy atom. The van der Waals surface area contributed by atoms with E-state index in [4.69, 9.17) is 14.2 Å². The van der Waals surface area contributed by atoms with Crippen molar-refractivity contribution in [1.29, 1.82) is 0 Å². The van der Waals surface area contributed by atoms with Crippen LogP contribution in [0, 0.1) is 0 Å². The summed E-state index contributed by atoms with van der Waals surface area (Å²) in [6.07, 6.45) is 70.7. The van der Waals surface area contributed by atoms with Crippen molar-refractivity contribution in [2.75, 3.05) is 13.2 Å². The summed E-state index contributed by atoms with van der Waals surface area (Å²) in [5.74, 6) is -0.995. The molecule has 368 valence electrons. The van der Waals surface area contributed by atoms with Gasteiger partial charge < -0.3 is 14.2 Å². The molecule has 0 bridgehead atoms. The number of allylic oxidation sites excluding steroid dienone is 18. The largest absolute Gasteiger partial charge is 0.462 e. The van der Waals surface area contributed by atoms with Gasteiger partial charge in [-0.15, -0.1) is 0 Å². The van der Waals surface area contributed by atoms with Gasteiger partial charge in [-0.3, -0.25) is 14.4 Å². The van der Waals surface area contributed by atoms with Crippen LogP contribution in [-0.2, 0) is 28.6 Å². The first kappa shape index (κ1) is 61.1. The maximum absolute atomic E-state index is 12.8. The Balaban J connectivity index is 4.53. The summed E-state index contributed by atoms with van der Waals surface area (Å²) in [5, 5.41) is 0. The average Bonchev–Trinajstić information content (AvgIpc) is 3.30. The molecule has 1 atom stereocenters. The van der Waals surface area contributed by atoms with Crippen LogP contribution in [0.5, 0.6) is 0 Å². The number of rotatable bonds is 46. The molecule has 65 heavy (non-hydrogen) atoms. The van der Waals surface area contributed by atoms with Crippen molar-refractivity contribution in [2.24, 2.45) is 0 Å². The van der Waals surface area contributed by atoms with Gasteiger partial charge in [0.25, 0.3) is 0 Å². The summed E-state index contributed by atoms with van der Waals surface area (Å²) in [4.78, 5) is 38.0. The van der Waals surface area contributed by atoms with Crippen LogP contribution in [0.2, 0.25) is 0 Å². The molecule has 0 aliphatic heterocycles. The molecule has 6 heteroatoms. The summed E-state index contributed by atoms with van der Waals surface area (Å²) in [6.45, 7) is 6.33. The van der Waals surface area contributed by atoms with E-state index < -0.39 is 6.10 Å². The Morgan fingerprint density at radius 2 is 0.615 bits per heavy atom. The van der Waals surface area contributed by atoms with E-state index >= 15 is 0 Å². The highest BCUT2D eigenvalue weighted by molar-refractivity contribution is 5.71. The first-order chi connectivity index (χ1) is 32.0. The molecule has 0 aliphatic carbocycles. The fourth-order valence-corrected chi connectivity index (χ4v) is 6.88. The van der Waals surface area contributed by atoms with Crippen molar-refractivity contribution < 1.29 is 28.6 Å². The highest BCUT2D eigenvalue weighted by Crippen LogP contribution is 2.14. The fourth-order valence-electron chi connectivity index (χ4n) is 6.88. The maximum Gasteiger partial charge on any atom is 0.306 e. The quantitative estimate of drug-likeness (QED) is 0.0262. The van der Waals surface area contributed by atoms with Gasteiger partial charge in [0.05, 0.1) is 0 Å². The van der Waals surface area contributed by atoms with E-state index in [0.717, 1.165) is 116 Å². The van der Waals surface area contributed by atoms with E-state index in [1.54, 1.807) is 0 Å². The molecule has 0 fully saturated rings. The van der Waals surface area contributed by atoms with Crippen LogP contribution in [0.25, 0.3) is 0 Å². The Kier molecular flexibility index (Phi) is 49.5. The Labute approximate surface area is 400 Å². The molecule has 0 N–H and O–H groups in total. The Bertz CT molecular complexity index is 1360. The second-order valence-corrected chi connectivity index (χ2v) is 17.0. The minimum absolute atomic E-state index is 0.109. The van der Waals surface area contributed by atoms with E-state index in [9.17, 15) is 14.4 Å². The lowest BCUT2D eigenvalue weighted by atomic mass is 10.0. The number of unbranched alkanes of at least 4 members (excludes halogenated alkanes) is 17. The number of ether oxygens (including phenoxy) is 3. The SMILES string of the molecule is CC/C=C\C/C=C\C/C=C\C/C=C\C/C=C\CCCC(=O)O[C@H](COC(=O)CCCCCC/C=C\C/C=C\C/C=C\C/C=C\CC)COC(=O)CCCCCCCCCCCCCCC. The van der Waals surface area contributed by atoms with Crippen molar-refractivity contribution in [2.45, 2.75) is 232 Å². The van der Waals surface area contributed by atoms with Crippen LogP contribution >= 0.6 is 0 Å². The van der Waals surface area contributed by atoms with Gasteiger partial charge in [0.15, 0.2) is 6.10 Å². The van der Waals surface area contributed by atoms with Gasteiger partial charge in [-0.05, 0) is 96.3 Å². The van der Waals surface area contributed by atoms with Gasteiger partial charge in [-0.2, -0.15) is 0 Å². The summed E-state index contributed by atoms with van der Waals surface area (Å²) >= 11 is 0. The molecule has 6 nitrogen and oxygen atoms in total. The lowest BCUT2D eigenvalue weighted by molar-refractivity contribution is -0.167. The molecule has 0 amide bonds. The van der Waals surface area contributed by atoms with Gasteiger partial charge >= 0.3 is 17.9 Å². The second-order valence-electron chi connectivity index (χ2n) is 17.0. The van der Waals surface area contributed by atoms with E-state index in [2.05, 4.69) is 130 Å². The number of carbonyl (C=O) groups is 3. The monoisotopic (exact) mass is 901 g/mol. The second kappa shape index (κ2) is 52.7. The lowest BCUT2D eigenvalue weighted by Crippen LogP contribution is -2.30. The van der Waals surface area contributed by atoms with Gasteiger partial charge in [0.2, 0.25) is 0 Å². The van der Waals surface area contributed by atoms with Crippen LogP contribution in [0.1, 0.15) is 226 Å². The van der Waals surface area contributed by atoms with E-state index in [0.29, 0.717) is 19.3 Å². The molecular weight excluding hydrogens is 805 g/mol. The predicted molar refractivity (Wildman–Crippen MR) is 279 cm³/mol. The van der Waals surface area contributed by atoms with Crippen LogP contribution in [-0.4, -0.2) is 37.2 Å². The molecular formula is C59H96O6. The van der Waals surface area contributed by atoms with E-state index in [-0.39, 0.29) is 37.5 Å². The van der Waals surface area contributed by atoms with Gasteiger partial charge in [0.1, 0.15) is 13.2 Å². The molecule has 0 spiro atoms. The molecule has 0 aromatic heterocycles. The van der Waals surface area contributed by atoms with Gasteiger partial charge in [-0.1, -0.05) is 220 Å². The van der Waals surface area contributed by atoms with E-state index in [1.807, 2.05) is 0 Å². The Morgan fingerprint density at radius 1 is 0.323 bits per heavy atom. The highest BCUT2D eigenvalue weighted by Gasteiger charge is 2.19. The molecule has 0 saturated carbocycles. The summed E-state index contributed by atoms with van der Waals surface area (Å²) < 4.78 is 16.7. The molecule has 0 rings (SSSR count). The first-order valence-corrected chi connectivity index (χ1v) is 26.4. The fraction of sp³-hybridized carbons (Fsp3) is 0.644. The zero-order chi connectivity index (χ0) is 47.2. The Hall–Kier alpha value is -3.93.